The van der Waals surface area contributed by atoms with Crippen molar-refractivity contribution < 1.29 is 28.6 Å². The lowest BCUT2D eigenvalue weighted by atomic mass is 10.0. The zero-order valence-corrected chi connectivity index (χ0v) is 20.2. The van der Waals surface area contributed by atoms with E-state index in [0.29, 0.717) is 36.7 Å². The molecule has 0 fully saturated rings. The number of nitrogens with one attached hydrogen (secondary N) is 1. The summed E-state index contributed by atoms with van der Waals surface area (Å²) in [7, 11) is 1.55. The Balaban J connectivity index is 1.66. The van der Waals surface area contributed by atoms with E-state index in [-0.39, 0.29) is 36.2 Å². The van der Waals surface area contributed by atoms with Crippen molar-refractivity contribution in [2.75, 3.05) is 33.5 Å². The van der Waals surface area contributed by atoms with Gasteiger partial charge in [-0.05, 0) is 43.2 Å². The lowest BCUT2D eigenvalue weighted by molar-refractivity contribution is -0.138. The zero-order valence-electron chi connectivity index (χ0n) is 20.2. The number of hydrogen-bond donors (Lipinski definition) is 1. The van der Waals surface area contributed by atoms with Gasteiger partial charge in [-0.25, -0.2) is 4.79 Å². The van der Waals surface area contributed by atoms with Crippen molar-refractivity contribution in [3.8, 4) is 5.75 Å². The molecule has 2 aromatic rings. The first-order chi connectivity index (χ1) is 16.9. The van der Waals surface area contributed by atoms with Gasteiger partial charge in [0.1, 0.15) is 5.75 Å². The number of allylic oxidation sites excluding steroid dienone is 1. The molecule has 8 heteroatoms. The Morgan fingerprint density at radius 3 is 2.43 bits per heavy atom. The molecule has 3 rings (SSSR count). The number of nitrogens with zero attached hydrogens (tertiary/aromatic N) is 1. The van der Waals surface area contributed by atoms with Crippen LogP contribution in [0.5, 0.6) is 5.75 Å². The van der Waals surface area contributed by atoms with Gasteiger partial charge in [-0.15, -0.1) is 0 Å². The van der Waals surface area contributed by atoms with Crippen LogP contribution in [0.1, 0.15) is 25.0 Å². The summed E-state index contributed by atoms with van der Waals surface area (Å²) in [5, 5.41) is 2.81. The fourth-order valence-corrected chi connectivity index (χ4v) is 3.60. The van der Waals surface area contributed by atoms with Crippen molar-refractivity contribution in [1.82, 2.24) is 10.2 Å². The summed E-state index contributed by atoms with van der Waals surface area (Å²) in [6, 6.07) is 16.5. The number of benzene rings is 2. The minimum absolute atomic E-state index is 0.116. The molecule has 0 radical (unpaired) electrons. The van der Waals surface area contributed by atoms with Crippen molar-refractivity contribution in [2.45, 2.75) is 20.4 Å². The number of hydrogen-bond acceptors (Lipinski definition) is 6. The van der Waals surface area contributed by atoms with Crippen molar-refractivity contribution in [1.29, 1.82) is 0 Å². The van der Waals surface area contributed by atoms with E-state index in [0.717, 1.165) is 5.56 Å². The van der Waals surface area contributed by atoms with Crippen LogP contribution in [0.3, 0.4) is 0 Å². The molecule has 8 nitrogen and oxygen atoms in total. The minimum atomic E-state index is -0.536. The number of methoxy groups -OCH3 is 1. The van der Waals surface area contributed by atoms with Crippen LogP contribution in [0.2, 0.25) is 0 Å². The summed E-state index contributed by atoms with van der Waals surface area (Å²) in [6.07, 6.45) is 1.65. The van der Waals surface area contributed by atoms with Crippen molar-refractivity contribution in [2.24, 2.45) is 0 Å². The highest BCUT2D eigenvalue weighted by atomic mass is 16.5. The molecule has 0 spiro atoms. The number of carbonyl (C=O) groups excluding carboxylic acids is 3. The van der Waals surface area contributed by atoms with E-state index in [4.69, 9.17) is 14.2 Å². The Morgan fingerprint density at radius 1 is 1.06 bits per heavy atom. The molecule has 0 aliphatic carbocycles. The molecule has 184 valence electrons. The van der Waals surface area contributed by atoms with E-state index in [1.165, 1.54) is 4.90 Å². The summed E-state index contributed by atoms with van der Waals surface area (Å²) in [5.41, 5.74) is 2.77. The highest BCUT2D eigenvalue weighted by Crippen LogP contribution is 2.31. The first kappa shape index (κ1) is 25.7. The maximum absolute atomic E-state index is 13.0. The Hall–Kier alpha value is -3.91. The van der Waals surface area contributed by atoms with E-state index in [2.05, 4.69) is 5.32 Å². The molecule has 1 heterocycles. The molecular weight excluding hydrogens is 448 g/mol. The predicted octanol–water partition coefficient (Wildman–Crippen LogP) is 3.09. The number of rotatable bonds is 11. The summed E-state index contributed by atoms with van der Waals surface area (Å²) in [4.78, 5) is 39.2. The molecule has 0 saturated heterocycles. The highest BCUT2D eigenvalue weighted by Gasteiger charge is 2.36. The Labute approximate surface area is 205 Å². The molecule has 35 heavy (non-hydrogen) atoms. The van der Waals surface area contributed by atoms with Crippen LogP contribution in [-0.4, -0.2) is 56.2 Å². The Kier molecular flexibility index (Phi) is 9.20. The van der Waals surface area contributed by atoms with Gasteiger partial charge in [-0.2, -0.15) is 0 Å². The largest absolute Gasteiger partial charge is 0.484 e. The van der Waals surface area contributed by atoms with Crippen LogP contribution in [0.4, 0.5) is 0 Å². The highest BCUT2D eigenvalue weighted by molar-refractivity contribution is 6.16. The van der Waals surface area contributed by atoms with E-state index >= 15 is 0 Å². The van der Waals surface area contributed by atoms with Crippen LogP contribution in [0.25, 0.3) is 6.08 Å². The monoisotopic (exact) mass is 478 g/mol. The van der Waals surface area contributed by atoms with Gasteiger partial charge in [0.05, 0.1) is 24.4 Å². The van der Waals surface area contributed by atoms with Crippen molar-refractivity contribution in [3.63, 3.8) is 0 Å². The molecule has 0 atom stereocenters. The fraction of sp³-hybridized carbons (Fsp3) is 0.296. The average molecular weight is 479 g/mol. The normalized spacial score (nSPS) is 14.4. The quantitative estimate of drug-likeness (QED) is 0.394. The lowest BCUT2D eigenvalue weighted by Crippen LogP contribution is -2.28. The number of amides is 2. The third-order valence-electron chi connectivity index (χ3n) is 5.40. The second-order valence-corrected chi connectivity index (χ2v) is 7.81. The Bertz CT molecular complexity index is 1110. The van der Waals surface area contributed by atoms with E-state index in [9.17, 15) is 14.4 Å². The number of esters is 1. The third kappa shape index (κ3) is 6.80. The van der Waals surface area contributed by atoms with Crippen LogP contribution in [-0.2, 0) is 30.4 Å². The fourth-order valence-electron chi connectivity index (χ4n) is 3.60. The smallest absolute Gasteiger partial charge is 0.340 e. The van der Waals surface area contributed by atoms with Gasteiger partial charge in [0.25, 0.3) is 11.8 Å². The van der Waals surface area contributed by atoms with Crippen molar-refractivity contribution >= 4 is 23.9 Å². The lowest BCUT2D eigenvalue weighted by Gasteiger charge is -2.16. The maximum Gasteiger partial charge on any atom is 0.340 e. The third-order valence-corrected chi connectivity index (χ3v) is 5.40. The SMILES string of the molecule is CCOC(=O)C1=C(C)N(CCOC)C(=O)/C1=C\c1ccc(OCC(=O)NCc2ccccc2)cc1. The molecular formula is C27H30N2O6. The number of carbonyl (C=O) groups is 3. The molecule has 2 amide bonds. The van der Waals surface area contributed by atoms with Gasteiger partial charge >= 0.3 is 5.97 Å². The first-order valence-corrected chi connectivity index (χ1v) is 11.4. The average Bonchev–Trinajstić information content (AvgIpc) is 3.10. The zero-order chi connectivity index (χ0) is 25.2. The second kappa shape index (κ2) is 12.5. The molecule has 0 unspecified atom stereocenters. The molecule has 0 saturated carbocycles. The van der Waals surface area contributed by atoms with Gasteiger partial charge in [0.2, 0.25) is 0 Å². The second-order valence-electron chi connectivity index (χ2n) is 7.81. The van der Waals surface area contributed by atoms with Gasteiger partial charge < -0.3 is 24.4 Å². The summed E-state index contributed by atoms with van der Waals surface area (Å²) in [5.74, 6) is -0.532. The molecule has 1 aliphatic heterocycles. The van der Waals surface area contributed by atoms with Gasteiger partial charge in [0.15, 0.2) is 6.61 Å². The molecule has 1 N–H and O–H groups in total. The first-order valence-electron chi connectivity index (χ1n) is 11.4. The molecule has 2 aromatic carbocycles. The van der Waals surface area contributed by atoms with Crippen LogP contribution in [0, 0.1) is 0 Å². The summed E-state index contributed by atoms with van der Waals surface area (Å²) < 4.78 is 15.8. The van der Waals surface area contributed by atoms with Crippen LogP contribution in [0.15, 0.2) is 71.4 Å². The predicted molar refractivity (Wildman–Crippen MR) is 131 cm³/mol. The van der Waals surface area contributed by atoms with Gasteiger partial charge in [-0.1, -0.05) is 42.5 Å². The summed E-state index contributed by atoms with van der Waals surface area (Å²) in [6.45, 7) is 4.64. The molecule has 0 aromatic heterocycles. The Morgan fingerprint density at radius 2 is 1.77 bits per heavy atom. The van der Waals surface area contributed by atoms with Gasteiger partial charge in [-0.3, -0.25) is 9.59 Å². The summed E-state index contributed by atoms with van der Waals surface area (Å²) >= 11 is 0. The van der Waals surface area contributed by atoms with E-state index in [1.54, 1.807) is 51.3 Å². The van der Waals surface area contributed by atoms with Crippen molar-refractivity contribution in [3.05, 3.63) is 82.6 Å². The van der Waals surface area contributed by atoms with E-state index in [1.807, 2.05) is 30.3 Å². The maximum atomic E-state index is 13.0. The molecule has 1 aliphatic rings. The minimum Gasteiger partial charge on any atom is -0.484 e. The van der Waals surface area contributed by atoms with Crippen LogP contribution >= 0.6 is 0 Å². The topological polar surface area (TPSA) is 94.2 Å². The standard InChI is InChI=1S/C27H30N2O6/c1-4-34-27(32)25-19(2)29(14-15-33-3)26(31)23(25)16-20-10-12-22(13-11-20)35-18-24(30)28-17-21-8-6-5-7-9-21/h5-13,16H,4,14-15,17-18H2,1-3H3,(H,28,30)/b23-16-. The van der Waals surface area contributed by atoms with Gasteiger partial charge in [0, 0.05) is 25.9 Å². The van der Waals surface area contributed by atoms with E-state index < -0.39 is 5.97 Å². The number of ether oxygens (including phenoxy) is 3. The van der Waals surface area contributed by atoms with Crippen LogP contribution < -0.4 is 10.1 Å². The molecule has 0 bridgehead atoms.